The molecule has 3 heterocycles. The number of carbonyl (C=O) groups is 1. The highest BCUT2D eigenvalue weighted by atomic mass is 32.1. The summed E-state index contributed by atoms with van der Waals surface area (Å²) in [6, 6.07) is 13.5. The number of methoxy groups -OCH3 is 1. The van der Waals surface area contributed by atoms with Crippen molar-refractivity contribution < 1.29 is 9.53 Å². The number of anilines is 1. The molecule has 2 N–H and O–H groups in total. The molecule has 4 rings (SSSR count). The van der Waals surface area contributed by atoms with Crippen LogP contribution < -0.4 is 5.73 Å². The molecule has 2 aromatic rings. The number of nitrogen functional groups attached to an aromatic ring is 1. The lowest BCUT2D eigenvalue weighted by Gasteiger charge is -2.41. The molecule has 0 aliphatic carbocycles. The molecule has 2 aliphatic rings. The van der Waals surface area contributed by atoms with Gasteiger partial charge in [-0.15, -0.1) is 11.3 Å². The first kappa shape index (κ1) is 16.6. The Morgan fingerprint density at radius 1 is 1.20 bits per heavy atom. The van der Waals surface area contributed by atoms with Gasteiger partial charge in [0.15, 0.2) is 0 Å². The monoisotopic (exact) mass is 356 g/mol. The molecule has 25 heavy (non-hydrogen) atoms. The number of piperidine rings is 1. The van der Waals surface area contributed by atoms with E-state index in [1.807, 2.05) is 6.07 Å². The van der Waals surface area contributed by atoms with E-state index >= 15 is 0 Å². The van der Waals surface area contributed by atoms with Gasteiger partial charge in [0.2, 0.25) is 0 Å². The quantitative estimate of drug-likeness (QED) is 0.851. The zero-order chi connectivity index (χ0) is 17.6. The molecule has 0 spiro atoms. The van der Waals surface area contributed by atoms with Gasteiger partial charge < -0.3 is 10.5 Å². The number of esters is 1. The van der Waals surface area contributed by atoms with E-state index in [1.54, 1.807) is 11.3 Å². The average Bonchev–Trinajstić information content (AvgIpc) is 3.14. The van der Waals surface area contributed by atoms with Gasteiger partial charge in [0, 0.05) is 22.9 Å². The van der Waals surface area contributed by atoms with Crippen molar-refractivity contribution in [2.45, 2.75) is 37.3 Å². The molecule has 4 nitrogen and oxygen atoms in total. The third-order valence-corrected chi connectivity index (χ3v) is 6.96. The summed E-state index contributed by atoms with van der Waals surface area (Å²) in [4.78, 5) is 16.1. The molecule has 5 heteroatoms. The molecule has 1 aromatic heterocycles. The first-order valence-corrected chi connectivity index (χ1v) is 9.65. The summed E-state index contributed by atoms with van der Waals surface area (Å²) >= 11 is 1.60. The van der Waals surface area contributed by atoms with Crippen LogP contribution in [0.15, 0.2) is 36.4 Å². The third kappa shape index (κ3) is 2.85. The van der Waals surface area contributed by atoms with Gasteiger partial charge in [0.25, 0.3) is 0 Å². The van der Waals surface area contributed by atoms with Crippen molar-refractivity contribution in [1.82, 2.24) is 4.90 Å². The fourth-order valence-electron chi connectivity index (χ4n) is 4.67. The highest BCUT2D eigenvalue weighted by Crippen LogP contribution is 2.47. The van der Waals surface area contributed by atoms with Crippen molar-refractivity contribution in [3.63, 3.8) is 0 Å². The fraction of sp³-hybridized carbons (Fsp3) is 0.450. The number of rotatable bonds is 3. The van der Waals surface area contributed by atoms with Crippen LogP contribution in [0.4, 0.5) is 5.00 Å². The Morgan fingerprint density at radius 2 is 1.96 bits per heavy atom. The number of ether oxygens (including phenoxy) is 1. The van der Waals surface area contributed by atoms with E-state index in [1.165, 1.54) is 29.5 Å². The lowest BCUT2D eigenvalue weighted by molar-refractivity contribution is -0.150. The van der Waals surface area contributed by atoms with Crippen LogP contribution in [-0.2, 0) is 9.53 Å². The number of fused-ring (bicyclic) bond motifs is 2. The summed E-state index contributed by atoms with van der Waals surface area (Å²) < 4.78 is 5.16. The van der Waals surface area contributed by atoms with Crippen LogP contribution in [0.2, 0.25) is 0 Å². The van der Waals surface area contributed by atoms with E-state index in [0.717, 1.165) is 17.8 Å². The van der Waals surface area contributed by atoms with Crippen LogP contribution in [0.1, 0.15) is 30.7 Å². The normalized spacial score (nSPS) is 28.9. The van der Waals surface area contributed by atoms with Crippen molar-refractivity contribution in [2.24, 2.45) is 5.92 Å². The van der Waals surface area contributed by atoms with Crippen LogP contribution >= 0.6 is 11.3 Å². The van der Waals surface area contributed by atoms with Crippen molar-refractivity contribution in [2.75, 3.05) is 19.9 Å². The molecular formula is C20H24N2O2S. The minimum absolute atomic E-state index is 0.0719. The number of nitrogens with two attached hydrogens (primary N) is 1. The number of carbonyl (C=O) groups excluding carboxylic acids is 1. The van der Waals surface area contributed by atoms with Crippen LogP contribution in [0.5, 0.6) is 0 Å². The number of hydrogen-bond donors (Lipinski definition) is 1. The lowest BCUT2D eigenvalue weighted by atomic mass is 9.76. The maximum Gasteiger partial charge on any atom is 0.310 e. The average molecular weight is 356 g/mol. The topological polar surface area (TPSA) is 55.6 Å². The van der Waals surface area contributed by atoms with Crippen LogP contribution in [0.3, 0.4) is 0 Å². The maximum atomic E-state index is 12.5. The second-order valence-electron chi connectivity index (χ2n) is 7.18. The van der Waals surface area contributed by atoms with Crippen LogP contribution in [0.25, 0.3) is 10.4 Å². The molecule has 2 fully saturated rings. The maximum absolute atomic E-state index is 12.5. The first-order chi connectivity index (χ1) is 12.1. The smallest absolute Gasteiger partial charge is 0.310 e. The molecule has 2 aliphatic heterocycles. The van der Waals surface area contributed by atoms with Crippen molar-refractivity contribution >= 4 is 22.3 Å². The molecule has 2 saturated heterocycles. The Kier molecular flexibility index (Phi) is 4.29. The fourth-order valence-corrected chi connectivity index (χ4v) is 5.45. The van der Waals surface area contributed by atoms with Gasteiger partial charge in [-0.3, -0.25) is 9.69 Å². The summed E-state index contributed by atoms with van der Waals surface area (Å²) in [6.07, 6.45) is 3.29. The highest BCUT2D eigenvalue weighted by Gasteiger charge is 2.49. The molecule has 132 valence electrons. The SMILES string of the molecule is COC(=O)[C@@H]1C2CCC(C[C@@H]1c1ccc(-c3ccc(N)s3)cc1)N2C. The van der Waals surface area contributed by atoms with Crippen molar-refractivity contribution in [1.29, 1.82) is 0 Å². The number of hydrogen-bond acceptors (Lipinski definition) is 5. The summed E-state index contributed by atoms with van der Waals surface area (Å²) in [5, 5.41) is 0.830. The molecule has 2 unspecified atom stereocenters. The van der Waals surface area contributed by atoms with E-state index in [-0.39, 0.29) is 17.8 Å². The second-order valence-corrected chi connectivity index (χ2v) is 8.29. The highest BCUT2D eigenvalue weighted by molar-refractivity contribution is 7.19. The van der Waals surface area contributed by atoms with Gasteiger partial charge in [-0.05, 0) is 49.6 Å². The van der Waals surface area contributed by atoms with Crippen LogP contribution in [-0.4, -0.2) is 37.1 Å². The first-order valence-electron chi connectivity index (χ1n) is 8.84. The summed E-state index contributed by atoms with van der Waals surface area (Å²) in [5.41, 5.74) is 8.26. The molecule has 4 atom stereocenters. The van der Waals surface area contributed by atoms with E-state index < -0.39 is 0 Å². The Balaban J connectivity index is 1.64. The standard InChI is InChI=1S/C20H24N2O2S/c1-22-14-7-8-16(22)19(20(23)24-2)15(11-14)12-3-5-13(6-4-12)17-9-10-18(21)25-17/h3-6,9-10,14-16,19H,7-8,11,21H2,1-2H3/t14?,15-,16?,19+/m1/s1. The number of thiophene rings is 1. The predicted octanol–water partition coefficient (Wildman–Crippen LogP) is 3.74. The van der Waals surface area contributed by atoms with Crippen molar-refractivity contribution in [3.8, 4) is 10.4 Å². The number of nitrogens with zero attached hydrogens (tertiary/aromatic N) is 1. The molecule has 1 aromatic carbocycles. The van der Waals surface area contributed by atoms with Gasteiger partial charge in [0.1, 0.15) is 0 Å². The Hall–Kier alpha value is -1.85. The Morgan fingerprint density at radius 3 is 2.60 bits per heavy atom. The second kappa shape index (κ2) is 6.46. The van der Waals surface area contributed by atoms with E-state index in [4.69, 9.17) is 10.5 Å². The van der Waals surface area contributed by atoms with E-state index in [9.17, 15) is 4.79 Å². The van der Waals surface area contributed by atoms with E-state index in [0.29, 0.717) is 12.1 Å². The number of benzene rings is 1. The zero-order valence-electron chi connectivity index (χ0n) is 14.6. The molecule has 0 radical (unpaired) electrons. The zero-order valence-corrected chi connectivity index (χ0v) is 15.5. The molecule has 2 bridgehead atoms. The van der Waals surface area contributed by atoms with Gasteiger partial charge in [-0.1, -0.05) is 24.3 Å². The van der Waals surface area contributed by atoms with Crippen LogP contribution in [0, 0.1) is 5.92 Å². The molecule has 0 saturated carbocycles. The minimum Gasteiger partial charge on any atom is -0.469 e. The Labute approximate surface area is 152 Å². The molecular weight excluding hydrogens is 332 g/mol. The third-order valence-electron chi connectivity index (χ3n) is 5.99. The minimum atomic E-state index is -0.0722. The van der Waals surface area contributed by atoms with E-state index in [2.05, 4.69) is 42.3 Å². The summed E-state index contributed by atoms with van der Waals surface area (Å²) in [6.45, 7) is 0. The predicted molar refractivity (Wildman–Crippen MR) is 102 cm³/mol. The summed E-state index contributed by atoms with van der Waals surface area (Å²) in [5.74, 6) is 0.0953. The van der Waals surface area contributed by atoms with Gasteiger partial charge in [-0.25, -0.2) is 0 Å². The molecule has 0 amide bonds. The largest absolute Gasteiger partial charge is 0.469 e. The summed E-state index contributed by atoms with van der Waals surface area (Å²) in [7, 11) is 3.66. The van der Waals surface area contributed by atoms with Gasteiger partial charge in [0.05, 0.1) is 18.0 Å². The van der Waals surface area contributed by atoms with Gasteiger partial charge in [-0.2, -0.15) is 0 Å². The van der Waals surface area contributed by atoms with Crippen molar-refractivity contribution in [3.05, 3.63) is 42.0 Å². The lowest BCUT2D eigenvalue weighted by Crippen LogP contribution is -2.49. The Bertz CT molecular complexity index is 770. The van der Waals surface area contributed by atoms with Gasteiger partial charge >= 0.3 is 5.97 Å².